The minimum Gasteiger partial charge on any atom is -0.497 e. The smallest absolute Gasteiger partial charge is 0.273 e. The van der Waals surface area contributed by atoms with Gasteiger partial charge in [0.1, 0.15) is 22.6 Å². The topological polar surface area (TPSA) is 56.6 Å². The molecule has 0 saturated carbocycles. The van der Waals surface area contributed by atoms with Gasteiger partial charge in [-0.15, -0.1) is 11.8 Å². The Hall–Kier alpha value is -2.45. The van der Waals surface area contributed by atoms with Crippen molar-refractivity contribution in [2.45, 2.75) is 5.37 Å². The number of nitrogens with zero attached hydrogens (tertiary/aromatic N) is 3. The molecule has 1 saturated heterocycles. The van der Waals surface area contributed by atoms with E-state index in [1.807, 2.05) is 53.4 Å². The van der Waals surface area contributed by atoms with Gasteiger partial charge in [0.25, 0.3) is 5.91 Å². The lowest BCUT2D eigenvalue weighted by molar-refractivity contribution is 0.0749. The standard InChI is InChI=1S/C22H22BrN3O3S/c1-25-19(13-18(24-25)14-5-4-6-16(11-14)28-2)21(27)26-9-10-30-22(26)15-7-8-20(29-3)17(23)12-15/h4-8,11-13,22H,9-10H2,1-3H3. The lowest BCUT2D eigenvalue weighted by atomic mass is 10.1. The molecule has 6 nitrogen and oxygen atoms in total. The first-order valence-electron chi connectivity index (χ1n) is 9.46. The Morgan fingerprint density at radius 3 is 2.73 bits per heavy atom. The largest absolute Gasteiger partial charge is 0.497 e. The molecule has 0 radical (unpaired) electrons. The molecule has 1 amide bonds. The van der Waals surface area contributed by atoms with Crippen LogP contribution in [-0.4, -0.2) is 47.1 Å². The minimum atomic E-state index is -0.0464. The third-order valence-electron chi connectivity index (χ3n) is 5.08. The van der Waals surface area contributed by atoms with Gasteiger partial charge in [-0.2, -0.15) is 5.10 Å². The highest BCUT2D eigenvalue weighted by Crippen LogP contribution is 2.41. The quantitative estimate of drug-likeness (QED) is 0.519. The Kier molecular flexibility index (Phi) is 6.06. The number of aromatic nitrogens is 2. The van der Waals surface area contributed by atoms with E-state index in [9.17, 15) is 4.79 Å². The van der Waals surface area contributed by atoms with Crippen LogP contribution in [0.5, 0.6) is 11.5 Å². The Labute approximate surface area is 188 Å². The molecule has 8 heteroatoms. The second kappa shape index (κ2) is 8.73. The van der Waals surface area contributed by atoms with Crippen molar-refractivity contribution in [1.29, 1.82) is 0 Å². The fourth-order valence-electron chi connectivity index (χ4n) is 3.53. The average molecular weight is 488 g/mol. The number of methoxy groups -OCH3 is 2. The highest BCUT2D eigenvalue weighted by Gasteiger charge is 2.33. The number of hydrogen-bond acceptors (Lipinski definition) is 5. The van der Waals surface area contributed by atoms with E-state index in [0.29, 0.717) is 12.2 Å². The van der Waals surface area contributed by atoms with Gasteiger partial charge in [-0.1, -0.05) is 18.2 Å². The van der Waals surface area contributed by atoms with Crippen LogP contribution >= 0.6 is 27.7 Å². The number of aryl methyl sites for hydroxylation is 1. The van der Waals surface area contributed by atoms with Crippen LogP contribution in [0.4, 0.5) is 0 Å². The number of amides is 1. The Bertz CT molecular complexity index is 1090. The van der Waals surface area contributed by atoms with Gasteiger partial charge in [0, 0.05) is 24.9 Å². The molecular formula is C22H22BrN3O3S. The molecule has 30 heavy (non-hydrogen) atoms. The summed E-state index contributed by atoms with van der Waals surface area (Å²) in [5.41, 5.74) is 3.28. The summed E-state index contributed by atoms with van der Waals surface area (Å²) in [6, 6.07) is 15.5. The normalized spacial score (nSPS) is 16.0. The summed E-state index contributed by atoms with van der Waals surface area (Å²) in [5, 5.41) is 4.52. The van der Waals surface area contributed by atoms with Gasteiger partial charge in [0.05, 0.1) is 24.4 Å². The van der Waals surface area contributed by atoms with Gasteiger partial charge in [0.15, 0.2) is 0 Å². The first-order valence-corrected chi connectivity index (χ1v) is 11.3. The third kappa shape index (κ3) is 3.94. The average Bonchev–Trinajstić information content (AvgIpc) is 3.40. The van der Waals surface area contributed by atoms with Gasteiger partial charge in [-0.05, 0) is 51.8 Å². The first kappa shape index (κ1) is 20.8. The van der Waals surface area contributed by atoms with Crippen LogP contribution in [0.3, 0.4) is 0 Å². The molecule has 156 valence electrons. The van der Waals surface area contributed by atoms with E-state index in [1.54, 1.807) is 37.7 Å². The predicted molar refractivity (Wildman–Crippen MR) is 122 cm³/mol. The first-order chi connectivity index (χ1) is 14.5. The molecule has 2 aromatic carbocycles. The summed E-state index contributed by atoms with van der Waals surface area (Å²) in [5.74, 6) is 2.39. The lowest BCUT2D eigenvalue weighted by Crippen LogP contribution is -2.31. The number of ether oxygens (including phenoxy) is 2. The summed E-state index contributed by atoms with van der Waals surface area (Å²) >= 11 is 5.31. The molecule has 0 aliphatic carbocycles. The second-order valence-corrected chi connectivity index (χ2v) is 8.93. The van der Waals surface area contributed by atoms with E-state index in [0.717, 1.165) is 38.5 Å². The van der Waals surface area contributed by atoms with Crippen LogP contribution < -0.4 is 9.47 Å². The van der Waals surface area contributed by atoms with Crippen LogP contribution in [-0.2, 0) is 7.05 Å². The number of carbonyl (C=O) groups excluding carboxylic acids is 1. The van der Waals surface area contributed by atoms with E-state index < -0.39 is 0 Å². The highest BCUT2D eigenvalue weighted by molar-refractivity contribution is 9.10. The fourth-order valence-corrected chi connectivity index (χ4v) is 5.33. The van der Waals surface area contributed by atoms with Gasteiger partial charge >= 0.3 is 0 Å². The van der Waals surface area contributed by atoms with Crippen molar-refractivity contribution < 1.29 is 14.3 Å². The summed E-state index contributed by atoms with van der Waals surface area (Å²) in [6.07, 6.45) is 0. The number of rotatable bonds is 5. The van der Waals surface area contributed by atoms with E-state index in [1.165, 1.54) is 0 Å². The molecule has 4 rings (SSSR count). The Morgan fingerprint density at radius 2 is 2.00 bits per heavy atom. The van der Waals surface area contributed by atoms with Gasteiger partial charge in [-0.3, -0.25) is 9.48 Å². The maximum absolute atomic E-state index is 13.4. The summed E-state index contributed by atoms with van der Waals surface area (Å²) < 4.78 is 13.2. The van der Waals surface area contributed by atoms with Gasteiger partial charge in [0.2, 0.25) is 0 Å². The zero-order valence-electron chi connectivity index (χ0n) is 17.0. The second-order valence-electron chi connectivity index (χ2n) is 6.89. The van der Waals surface area contributed by atoms with Gasteiger partial charge < -0.3 is 14.4 Å². The maximum atomic E-state index is 13.4. The lowest BCUT2D eigenvalue weighted by Gasteiger charge is -2.24. The summed E-state index contributed by atoms with van der Waals surface area (Å²) in [7, 11) is 5.08. The van der Waals surface area contributed by atoms with Crippen LogP contribution in [0.15, 0.2) is 53.0 Å². The predicted octanol–water partition coefficient (Wildman–Crippen LogP) is 4.75. The zero-order valence-corrected chi connectivity index (χ0v) is 19.4. The van der Waals surface area contributed by atoms with Crippen molar-refractivity contribution in [3.8, 4) is 22.8 Å². The summed E-state index contributed by atoms with van der Waals surface area (Å²) in [6.45, 7) is 0.692. The van der Waals surface area contributed by atoms with E-state index >= 15 is 0 Å². The van der Waals surface area contributed by atoms with Gasteiger partial charge in [-0.25, -0.2) is 0 Å². The Balaban J connectivity index is 1.62. The molecule has 0 spiro atoms. The maximum Gasteiger partial charge on any atom is 0.273 e. The van der Waals surface area contributed by atoms with Crippen molar-refractivity contribution in [3.63, 3.8) is 0 Å². The van der Waals surface area contributed by atoms with E-state index in [-0.39, 0.29) is 11.3 Å². The van der Waals surface area contributed by atoms with Crippen LogP contribution in [0.25, 0.3) is 11.3 Å². The highest BCUT2D eigenvalue weighted by atomic mass is 79.9. The van der Waals surface area contributed by atoms with E-state index in [4.69, 9.17) is 9.47 Å². The monoisotopic (exact) mass is 487 g/mol. The van der Waals surface area contributed by atoms with Crippen molar-refractivity contribution >= 4 is 33.6 Å². The van der Waals surface area contributed by atoms with Crippen molar-refractivity contribution in [3.05, 3.63) is 64.3 Å². The Morgan fingerprint density at radius 1 is 1.17 bits per heavy atom. The number of carbonyl (C=O) groups is 1. The summed E-state index contributed by atoms with van der Waals surface area (Å²) in [4.78, 5) is 15.3. The zero-order chi connectivity index (χ0) is 21.3. The molecule has 0 N–H and O–H groups in total. The molecule has 1 aliphatic rings. The number of thioether (sulfide) groups is 1. The molecule has 1 atom stereocenters. The third-order valence-corrected chi connectivity index (χ3v) is 6.96. The van der Waals surface area contributed by atoms with Crippen LogP contribution in [0, 0.1) is 0 Å². The number of hydrogen-bond donors (Lipinski definition) is 0. The molecule has 1 aliphatic heterocycles. The number of benzene rings is 2. The molecule has 3 aromatic rings. The van der Waals surface area contributed by atoms with Crippen LogP contribution in [0.2, 0.25) is 0 Å². The number of halogens is 1. The molecular weight excluding hydrogens is 466 g/mol. The molecule has 1 fully saturated rings. The SMILES string of the molecule is COc1cccc(-c2cc(C(=O)N3CCSC3c3ccc(OC)c(Br)c3)n(C)n2)c1. The molecule has 0 bridgehead atoms. The molecule has 2 heterocycles. The van der Waals surface area contributed by atoms with Crippen LogP contribution in [0.1, 0.15) is 21.4 Å². The van der Waals surface area contributed by atoms with E-state index in [2.05, 4.69) is 21.0 Å². The van der Waals surface area contributed by atoms with Crippen molar-refractivity contribution in [2.24, 2.45) is 7.05 Å². The molecule has 1 unspecified atom stereocenters. The van der Waals surface area contributed by atoms with Crippen molar-refractivity contribution in [2.75, 3.05) is 26.5 Å². The molecule has 1 aromatic heterocycles. The minimum absolute atomic E-state index is 0.0268. The fraction of sp³-hybridized carbons (Fsp3) is 0.273. The van der Waals surface area contributed by atoms with Crippen molar-refractivity contribution in [1.82, 2.24) is 14.7 Å².